The second kappa shape index (κ2) is 10.9. The average Bonchev–Trinajstić information content (AvgIpc) is 3.20. The lowest BCUT2D eigenvalue weighted by Gasteiger charge is -2.18. The molecule has 4 rings (SSSR count). The van der Waals surface area contributed by atoms with E-state index in [9.17, 15) is 19.5 Å². The lowest BCUT2D eigenvalue weighted by atomic mass is 9.98. The molecule has 7 heteroatoms. The van der Waals surface area contributed by atoms with E-state index in [-0.39, 0.29) is 31.5 Å². The monoisotopic (exact) mass is 472 g/mol. The van der Waals surface area contributed by atoms with Crippen molar-refractivity contribution < 1.29 is 24.2 Å². The zero-order valence-corrected chi connectivity index (χ0v) is 19.4. The first kappa shape index (κ1) is 24.0. The molecule has 3 aromatic rings. The maximum Gasteiger partial charge on any atom is 0.407 e. The zero-order chi connectivity index (χ0) is 24.8. The van der Waals surface area contributed by atoms with E-state index in [2.05, 4.69) is 22.8 Å². The lowest BCUT2D eigenvalue weighted by molar-refractivity contribution is -0.138. The van der Waals surface area contributed by atoms with Crippen LogP contribution in [0.3, 0.4) is 0 Å². The molecule has 7 nitrogen and oxygen atoms in total. The van der Waals surface area contributed by atoms with Gasteiger partial charge in [0.15, 0.2) is 0 Å². The lowest BCUT2D eigenvalue weighted by Crippen LogP contribution is -2.40. The fourth-order valence-corrected chi connectivity index (χ4v) is 4.39. The van der Waals surface area contributed by atoms with Crippen LogP contribution in [0.2, 0.25) is 0 Å². The van der Waals surface area contributed by atoms with Crippen LogP contribution in [-0.2, 0) is 14.3 Å². The quantitative estimate of drug-likeness (QED) is 0.434. The molecule has 0 heterocycles. The van der Waals surface area contributed by atoms with Crippen molar-refractivity contribution >= 4 is 18.0 Å². The molecule has 2 amide bonds. The number of carbonyl (C=O) groups is 3. The van der Waals surface area contributed by atoms with E-state index in [0.29, 0.717) is 5.56 Å². The summed E-state index contributed by atoms with van der Waals surface area (Å²) in [4.78, 5) is 36.4. The van der Waals surface area contributed by atoms with E-state index in [1.165, 1.54) is 0 Å². The highest BCUT2D eigenvalue weighted by atomic mass is 16.5. The van der Waals surface area contributed by atoms with Crippen molar-refractivity contribution in [2.45, 2.75) is 18.8 Å². The number of carbonyl (C=O) groups excluding carboxylic acids is 2. The minimum Gasteiger partial charge on any atom is -0.481 e. The summed E-state index contributed by atoms with van der Waals surface area (Å²) in [5, 5.41) is 14.8. The Hall–Kier alpha value is -4.13. The molecule has 0 aromatic heterocycles. The summed E-state index contributed by atoms with van der Waals surface area (Å²) in [5.41, 5.74) is 5.17. The molecule has 0 aliphatic heterocycles. The second-order valence-electron chi connectivity index (χ2n) is 8.65. The van der Waals surface area contributed by atoms with Crippen LogP contribution in [-0.4, -0.2) is 42.8 Å². The molecule has 0 fully saturated rings. The summed E-state index contributed by atoms with van der Waals surface area (Å²) >= 11 is 0. The fraction of sp³-hybridized carbons (Fsp3) is 0.250. The average molecular weight is 473 g/mol. The van der Waals surface area contributed by atoms with Crippen LogP contribution in [0.1, 0.15) is 35.4 Å². The Morgan fingerprint density at radius 1 is 0.829 bits per heavy atom. The third kappa shape index (κ3) is 5.51. The van der Waals surface area contributed by atoms with Crippen LogP contribution >= 0.6 is 0 Å². The van der Waals surface area contributed by atoms with Gasteiger partial charge in [0.25, 0.3) is 0 Å². The Morgan fingerprint density at radius 3 is 2.00 bits per heavy atom. The summed E-state index contributed by atoms with van der Waals surface area (Å²) in [6.07, 6.45) is -0.598. The zero-order valence-electron chi connectivity index (χ0n) is 19.4. The van der Waals surface area contributed by atoms with Gasteiger partial charge in [0, 0.05) is 19.0 Å². The predicted octanol–water partition coefficient (Wildman–Crippen LogP) is 4.15. The molecule has 0 bridgehead atoms. The highest BCUT2D eigenvalue weighted by Crippen LogP contribution is 2.44. The van der Waals surface area contributed by atoms with Crippen LogP contribution < -0.4 is 10.6 Å². The fourth-order valence-electron chi connectivity index (χ4n) is 4.39. The van der Waals surface area contributed by atoms with Crippen LogP contribution in [0.15, 0.2) is 78.9 Å². The minimum atomic E-state index is -1.01. The summed E-state index contributed by atoms with van der Waals surface area (Å²) in [5.74, 6) is -2.80. The van der Waals surface area contributed by atoms with Crippen molar-refractivity contribution in [3.8, 4) is 11.1 Å². The molecule has 0 saturated carbocycles. The molecule has 0 radical (unpaired) electrons. The number of hydrogen-bond acceptors (Lipinski definition) is 4. The van der Waals surface area contributed by atoms with E-state index in [1.54, 1.807) is 37.3 Å². The van der Waals surface area contributed by atoms with E-state index in [0.717, 1.165) is 22.3 Å². The predicted molar refractivity (Wildman–Crippen MR) is 132 cm³/mol. The van der Waals surface area contributed by atoms with Gasteiger partial charge in [-0.25, -0.2) is 4.79 Å². The molecule has 35 heavy (non-hydrogen) atoms. The Morgan fingerprint density at radius 2 is 1.40 bits per heavy atom. The molecular formula is C28H28N2O5. The van der Waals surface area contributed by atoms with Gasteiger partial charge < -0.3 is 20.5 Å². The van der Waals surface area contributed by atoms with Crippen molar-refractivity contribution in [1.82, 2.24) is 10.6 Å². The number of amides is 2. The van der Waals surface area contributed by atoms with E-state index < -0.39 is 23.9 Å². The summed E-state index contributed by atoms with van der Waals surface area (Å²) < 4.78 is 5.50. The first-order valence-electron chi connectivity index (χ1n) is 11.6. The number of ether oxygens (including phenoxy) is 1. The van der Waals surface area contributed by atoms with E-state index >= 15 is 0 Å². The standard InChI is InChI=1S/C28H28N2O5/c1-18(26(31)29-16-24(27(32)33)19-9-3-2-4-10-19)15-30-28(34)35-17-25-22-13-7-5-11-20(22)21-12-6-8-14-23(21)25/h2-14,18,24-25H,15-17H2,1H3,(H,29,31)(H,30,34)(H,32,33). The van der Waals surface area contributed by atoms with Crippen molar-refractivity contribution in [2.24, 2.45) is 5.92 Å². The Balaban J connectivity index is 1.26. The number of benzene rings is 3. The van der Waals surface area contributed by atoms with Gasteiger partial charge >= 0.3 is 12.1 Å². The maximum absolute atomic E-state index is 12.5. The Labute approximate surface area is 204 Å². The molecule has 3 aromatic carbocycles. The summed E-state index contributed by atoms with van der Waals surface area (Å²) in [7, 11) is 0. The van der Waals surface area contributed by atoms with Crippen molar-refractivity contribution in [1.29, 1.82) is 0 Å². The van der Waals surface area contributed by atoms with Crippen molar-refractivity contribution in [3.05, 3.63) is 95.6 Å². The minimum absolute atomic E-state index is 0.0343. The highest BCUT2D eigenvalue weighted by Gasteiger charge is 2.29. The number of aliphatic carboxylic acids is 1. The molecule has 0 saturated heterocycles. The first-order chi connectivity index (χ1) is 17.0. The van der Waals surface area contributed by atoms with Gasteiger partial charge in [0.1, 0.15) is 6.61 Å². The third-order valence-corrected chi connectivity index (χ3v) is 6.32. The first-order valence-corrected chi connectivity index (χ1v) is 11.6. The maximum atomic E-state index is 12.5. The second-order valence-corrected chi connectivity index (χ2v) is 8.65. The summed E-state index contributed by atoms with van der Waals surface area (Å²) in [6, 6.07) is 24.9. The van der Waals surface area contributed by atoms with Gasteiger partial charge in [0.05, 0.1) is 11.8 Å². The van der Waals surface area contributed by atoms with Gasteiger partial charge in [-0.05, 0) is 27.8 Å². The van der Waals surface area contributed by atoms with Gasteiger partial charge in [-0.15, -0.1) is 0 Å². The van der Waals surface area contributed by atoms with Gasteiger partial charge in [0.2, 0.25) is 5.91 Å². The van der Waals surface area contributed by atoms with Crippen molar-refractivity contribution in [3.63, 3.8) is 0 Å². The van der Waals surface area contributed by atoms with Crippen LogP contribution in [0.5, 0.6) is 0 Å². The number of carboxylic acid groups (broad SMARTS) is 1. The number of rotatable bonds is 9. The number of nitrogens with one attached hydrogen (secondary N) is 2. The Kier molecular flexibility index (Phi) is 7.45. The normalized spacial score (nSPS) is 13.7. The van der Waals surface area contributed by atoms with Gasteiger partial charge in [-0.2, -0.15) is 0 Å². The topological polar surface area (TPSA) is 105 Å². The van der Waals surface area contributed by atoms with Gasteiger partial charge in [-0.3, -0.25) is 9.59 Å². The molecular weight excluding hydrogens is 444 g/mol. The number of hydrogen-bond donors (Lipinski definition) is 3. The van der Waals surface area contributed by atoms with E-state index in [4.69, 9.17) is 4.74 Å². The number of fused-ring (bicyclic) bond motifs is 3. The molecule has 1 aliphatic rings. The highest BCUT2D eigenvalue weighted by molar-refractivity contribution is 5.82. The number of carboxylic acids is 1. The van der Waals surface area contributed by atoms with Gasteiger partial charge in [-0.1, -0.05) is 85.8 Å². The summed E-state index contributed by atoms with van der Waals surface area (Å²) in [6.45, 7) is 1.90. The third-order valence-electron chi connectivity index (χ3n) is 6.32. The molecule has 180 valence electrons. The molecule has 0 spiro atoms. The van der Waals surface area contributed by atoms with Crippen LogP contribution in [0.25, 0.3) is 11.1 Å². The van der Waals surface area contributed by atoms with Crippen molar-refractivity contribution in [2.75, 3.05) is 19.7 Å². The molecule has 1 aliphatic carbocycles. The van der Waals surface area contributed by atoms with Crippen LogP contribution in [0, 0.1) is 5.92 Å². The molecule has 3 N–H and O–H groups in total. The van der Waals surface area contributed by atoms with E-state index in [1.807, 2.05) is 36.4 Å². The SMILES string of the molecule is CC(CNC(=O)OCC1c2ccccc2-c2ccccc21)C(=O)NCC(C(=O)O)c1ccccc1. The smallest absolute Gasteiger partial charge is 0.407 e. The van der Waals surface area contributed by atoms with Crippen LogP contribution in [0.4, 0.5) is 4.79 Å². The largest absolute Gasteiger partial charge is 0.481 e. The molecule has 2 atom stereocenters. The molecule has 2 unspecified atom stereocenters. The Bertz CT molecular complexity index is 1170. The number of alkyl carbamates (subject to hydrolysis) is 1.